The SMILES string of the molecule is CC1(C)O[C@@H]2COS(=O)(=O)OC[C@H]2O1. The molecule has 2 saturated heterocycles. The van der Waals surface area contributed by atoms with Crippen LogP contribution in [0, 0.1) is 0 Å². The molecule has 0 amide bonds. The van der Waals surface area contributed by atoms with Crippen molar-refractivity contribution in [1.29, 1.82) is 0 Å². The number of hydrogen-bond acceptors (Lipinski definition) is 6. The van der Waals surface area contributed by atoms with Crippen molar-refractivity contribution in [3.8, 4) is 0 Å². The van der Waals surface area contributed by atoms with Gasteiger partial charge in [0.25, 0.3) is 0 Å². The van der Waals surface area contributed by atoms with Crippen LogP contribution in [-0.4, -0.2) is 39.6 Å². The maximum atomic E-state index is 10.9. The summed E-state index contributed by atoms with van der Waals surface area (Å²) in [5.41, 5.74) is 0. The minimum absolute atomic E-state index is 0.0591. The lowest BCUT2D eigenvalue weighted by Crippen LogP contribution is -2.27. The molecule has 7 heteroatoms. The number of hydrogen-bond donors (Lipinski definition) is 0. The van der Waals surface area contributed by atoms with Crippen molar-refractivity contribution in [3.05, 3.63) is 0 Å². The Bertz CT molecular complexity index is 297. The molecule has 2 rings (SSSR count). The maximum absolute atomic E-state index is 10.9. The molecular weight excluding hydrogens is 212 g/mol. The van der Waals surface area contributed by atoms with Crippen LogP contribution in [0.25, 0.3) is 0 Å². The van der Waals surface area contributed by atoms with E-state index >= 15 is 0 Å². The van der Waals surface area contributed by atoms with Gasteiger partial charge >= 0.3 is 10.4 Å². The second kappa shape index (κ2) is 3.14. The predicted molar refractivity (Wildman–Crippen MR) is 44.6 cm³/mol. The fraction of sp³-hybridized carbons (Fsp3) is 1.00. The average molecular weight is 224 g/mol. The van der Waals surface area contributed by atoms with E-state index in [0.29, 0.717) is 0 Å². The second-order valence-electron chi connectivity index (χ2n) is 3.69. The van der Waals surface area contributed by atoms with Crippen molar-refractivity contribution >= 4 is 10.4 Å². The second-order valence-corrected chi connectivity index (χ2v) is 4.98. The molecule has 2 aliphatic rings. The fourth-order valence-corrected chi connectivity index (χ4v) is 2.20. The Balaban J connectivity index is 2.10. The minimum atomic E-state index is -3.86. The molecule has 0 aromatic rings. The van der Waals surface area contributed by atoms with Gasteiger partial charge in [-0.1, -0.05) is 0 Å². The van der Waals surface area contributed by atoms with E-state index in [-0.39, 0.29) is 25.4 Å². The molecule has 6 nitrogen and oxygen atoms in total. The molecule has 0 bridgehead atoms. The van der Waals surface area contributed by atoms with Gasteiger partial charge < -0.3 is 9.47 Å². The normalized spacial score (nSPS) is 40.1. The zero-order valence-corrected chi connectivity index (χ0v) is 8.74. The van der Waals surface area contributed by atoms with Crippen molar-refractivity contribution < 1.29 is 26.3 Å². The Morgan fingerprint density at radius 1 is 1.07 bits per heavy atom. The molecule has 0 unspecified atom stereocenters. The third kappa shape index (κ3) is 2.06. The molecular formula is C7H12O6S. The van der Waals surface area contributed by atoms with E-state index in [9.17, 15) is 8.42 Å². The minimum Gasteiger partial charge on any atom is -0.342 e. The summed E-state index contributed by atoms with van der Waals surface area (Å²) in [5, 5.41) is 0. The first-order chi connectivity index (χ1) is 6.38. The summed E-state index contributed by atoms with van der Waals surface area (Å²) < 4.78 is 41.8. The van der Waals surface area contributed by atoms with Crippen molar-refractivity contribution in [2.45, 2.75) is 31.8 Å². The largest absolute Gasteiger partial charge is 0.400 e. The summed E-state index contributed by atoms with van der Waals surface area (Å²) in [6.45, 7) is 3.40. The predicted octanol–water partition coefficient (Wildman–Crippen LogP) is -0.202. The highest BCUT2D eigenvalue weighted by molar-refractivity contribution is 7.81. The van der Waals surface area contributed by atoms with Gasteiger partial charge in [-0.05, 0) is 13.8 Å². The van der Waals surface area contributed by atoms with Gasteiger partial charge in [-0.15, -0.1) is 0 Å². The first kappa shape index (κ1) is 10.3. The van der Waals surface area contributed by atoms with Gasteiger partial charge in [-0.25, -0.2) is 8.37 Å². The molecule has 14 heavy (non-hydrogen) atoms. The molecule has 82 valence electrons. The van der Waals surface area contributed by atoms with Crippen LogP contribution in [0.2, 0.25) is 0 Å². The zero-order chi connectivity index (χ0) is 10.4. The van der Waals surface area contributed by atoms with Crippen molar-refractivity contribution in [1.82, 2.24) is 0 Å². The molecule has 2 atom stereocenters. The lowest BCUT2D eigenvalue weighted by molar-refractivity contribution is -0.152. The van der Waals surface area contributed by atoms with Gasteiger partial charge in [-0.2, -0.15) is 8.42 Å². The third-order valence-corrected chi connectivity index (χ3v) is 2.89. The van der Waals surface area contributed by atoms with Gasteiger partial charge in [0.15, 0.2) is 5.79 Å². The quantitative estimate of drug-likeness (QED) is 0.567. The fourth-order valence-electron chi connectivity index (χ4n) is 1.53. The van der Waals surface area contributed by atoms with Crippen LogP contribution in [0.5, 0.6) is 0 Å². The lowest BCUT2D eigenvalue weighted by Gasteiger charge is -2.17. The highest BCUT2D eigenvalue weighted by Gasteiger charge is 2.44. The van der Waals surface area contributed by atoms with Crippen LogP contribution in [0.3, 0.4) is 0 Å². The molecule has 0 aliphatic carbocycles. The van der Waals surface area contributed by atoms with Gasteiger partial charge in [-0.3, -0.25) is 0 Å². The molecule has 0 saturated carbocycles. The van der Waals surface area contributed by atoms with E-state index in [1.807, 2.05) is 0 Å². The van der Waals surface area contributed by atoms with Crippen LogP contribution in [0.4, 0.5) is 0 Å². The van der Waals surface area contributed by atoms with Gasteiger partial charge in [0, 0.05) is 0 Å². The van der Waals surface area contributed by atoms with Crippen molar-refractivity contribution in [2.75, 3.05) is 13.2 Å². The monoisotopic (exact) mass is 224 g/mol. The lowest BCUT2D eigenvalue weighted by atomic mass is 10.2. The van der Waals surface area contributed by atoms with Gasteiger partial charge in [0.2, 0.25) is 0 Å². The van der Waals surface area contributed by atoms with E-state index in [1.54, 1.807) is 13.8 Å². The average Bonchev–Trinajstić information content (AvgIpc) is 2.27. The van der Waals surface area contributed by atoms with E-state index in [0.717, 1.165) is 0 Å². The van der Waals surface area contributed by atoms with E-state index < -0.39 is 16.2 Å². The smallest absolute Gasteiger partial charge is 0.342 e. The summed E-state index contributed by atoms with van der Waals surface area (Å²) in [6, 6.07) is 0. The maximum Gasteiger partial charge on any atom is 0.400 e. The third-order valence-electron chi connectivity index (χ3n) is 2.04. The summed E-state index contributed by atoms with van der Waals surface area (Å²) in [6.07, 6.45) is -0.774. The standard InChI is InChI=1S/C7H12O6S/c1-7(2)12-5-3-10-14(8,9)11-4-6(5)13-7/h5-6H,3-4H2,1-2H3/t5-,6-/m1/s1. The Kier molecular flexibility index (Phi) is 2.31. The van der Waals surface area contributed by atoms with Crippen LogP contribution in [0.15, 0.2) is 0 Å². The number of ether oxygens (including phenoxy) is 2. The molecule has 0 aromatic carbocycles. The summed E-state index contributed by atoms with van der Waals surface area (Å²) in [7, 11) is -3.86. The molecule has 0 N–H and O–H groups in total. The van der Waals surface area contributed by atoms with Crippen LogP contribution < -0.4 is 0 Å². The van der Waals surface area contributed by atoms with Crippen LogP contribution in [-0.2, 0) is 28.2 Å². The Morgan fingerprint density at radius 2 is 1.50 bits per heavy atom. The Hall–Kier alpha value is -0.210. The molecule has 0 radical (unpaired) electrons. The van der Waals surface area contributed by atoms with Crippen LogP contribution in [0.1, 0.15) is 13.8 Å². The van der Waals surface area contributed by atoms with E-state index in [1.165, 1.54) is 0 Å². The Labute approximate surface area is 82.4 Å². The Morgan fingerprint density at radius 3 is 1.93 bits per heavy atom. The van der Waals surface area contributed by atoms with Gasteiger partial charge in [0.1, 0.15) is 12.2 Å². The van der Waals surface area contributed by atoms with Crippen molar-refractivity contribution in [2.24, 2.45) is 0 Å². The van der Waals surface area contributed by atoms with E-state index in [4.69, 9.17) is 9.47 Å². The number of fused-ring (bicyclic) bond motifs is 1. The summed E-state index contributed by atoms with van der Waals surface area (Å²) in [5.74, 6) is -0.705. The summed E-state index contributed by atoms with van der Waals surface area (Å²) >= 11 is 0. The van der Waals surface area contributed by atoms with Gasteiger partial charge in [0.05, 0.1) is 13.2 Å². The zero-order valence-electron chi connectivity index (χ0n) is 7.93. The molecule has 0 spiro atoms. The molecule has 2 heterocycles. The highest BCUT2D eigenvalue weighted by Crippen LogP contribution is 2.30. The van der Waals surface area contributed by atoms with Crippen LogP contribution >= 0.6 is 0 Å². The first-order valence-corrected chi connectivity index (χ1v) is 5.61. The highest BCUT2D eigenvalue weighted by atomic mass is 32.3. The topological polar surface area (TPSA) is 71.1 Å². The first-order valence-electron chi connectivity index (χ1n) is 4.27. The van der Waals surface area contributed by atoms with Crippen molar-refractivity contribution in [3.63, 3.8) is 0 Å². The summed E-state index contributed by atoms with van der Waals surface area (Å²) in [4.78, 5) is 0. The number of rotatable bonds is 0. The van der Waals surface area contributed by atoms with E-state index in [2.05, 4.69) is 8.37 Å². The molecule has 0 aromatic heterocycles. The molecule has 2 fully saturated rings. The molecule has 2 aliphatic heterocycles.